The molecule has 0 amide bonds. The molecule has 0 radical (unpaired) electrons. The van der Waals surface area contributed by atoms with Gasteiger partial charge in [0.2, 0.25) is 0 Å². The first kappa shape index (κ1) is 12.0. The zero-order valence-corrected chi connectivity index (χ0v) is 9.69. The Bertz CT molecular complexity index is 281. The summed E-state index contributed by atoms with van der Waals surface area (Å²) in [6.07, 6.45) is 3.94. The third kappa shape index (κ3) is 2.69. The van der Waals surface area contributed by atoms with Gasteiger partial charge in [0.05, 0.1) is 7.11 Å². The normalized spacial score (nSPS) is 18.8. The Labute approximate surface area is 91.4 Å². The number of ether oxygens (including phenoxy) is 1. The van der Waals surface area contributed by atoms with E-state index in [1.807, 2.05) is 19.9 Å². The van der Waals surface area contributed by atoms with E-state index in [-0.39, 0.29) is 17.9 Å². The van der Waals surface area contributed by atoms with Crippen LogP contribution in [-0.2, 0) is 9.53 Å². The van der Waals surface area contributed by atoms with Crippen LogP contribution in [0.15, 0.2) is 24.3 Å². The number of nitrogens with zero attached hydrogens (tertiary/aromatic N) is 1. The standard InChI is InChI=1S/C12H19NO2/c1-5-10-6-7-13(8-10)11(9(2)3)12(14)15-4/h5-6,9,11H,1,7-8H2,2-4H3. The van der Waals surface area contributed by atoms with Crippen LogP contribution < -0.4 is 0 Å². The fourth-order valence-corrected chi connectivity index (χ4v) is 1.92. The summed E-state index contributed by atoms with van der Waals surface area (Å²) >= 11 is 0. The van der Waals surface area contributed by atoms with Crippen LogP contribution >= 0.6 is 0 Å². The summed E-state index contributed by atoms with van der Waals surface area (Å²) in [5, 5.41) is 0. The summed E-state index contributed by atoms with van der Waals surface area (Å²) in [7, 11) is 1.44. The Hall–Kier alpha value is -1.09. The van der Waals surface area contributed by atoms with E-state index in [0.29, 0.717) is 0 Å². The Kier molecular flexibility index (Phi) is 4.09. The van der Waals surface area contributed by atoms with E-state index >= 15 is 0 Å². The molecular formula is C12H19NO2. The monoisotopic (exact) mass is 209 g/mol. The molecule has 15 heavy (non-hydrogen) atoms. The molecule has 0 saturated carbocycles. The first-order valence-corrected chi connectivity index (χ1v) is 5.23. The van der Waals surface area contributed by atoms with Gasteiger partial charge in [-0.15, -0.1) is 0 Å². The van der Waals surface area contributed by atoms with Crippen LogP contribution in [-0.4, -0.2) is 37.1 Å². The van der Waals surface area contributed by atoms with E-state index in [2.05, 4.69) is 17.6 Å². The minimum absolute atomic E-state index is 0.149. The van der Waals surface area contributed by atoms with Crippen LogP contribution in [0.3, 0.4) is 0 Å². The van der Waals surface area contributed by atoms with Crippen molar-refractivity contribution in [1.29, 1.82) is 0 Å². The van der Waals surface area contributed by atoms with Crippen LogP contribution in [0, 0.1) is 5.92 Å². The number of carbonyl (C=O) groups excluding carboxylic acids is 1. The predicted molar refractivity (Wildman–Crippen MR) is 60.5 cm³/mol. The quantitative estimate of drug-likeness (QED) is 0.659. The number of hydrogen-bond donors (Lipinski definition) is 0. The molecule has 1 heterocycles. The third-order valence-electron chi connectivity index (χ3n) is 2.70. The molecule has 0 N–H and O–H groups in total. The fourth-order valence-electron chi connectivity index (χ4n) is 1.92. The molecule has 0 aromatic carbocycles. The van der Waals surface area contributed by atoms with Crippen LogP contribution in [0.1, 0.15) is 13.8 Å². The molecule has 1 atom stereocenters. The number of rotatable bonds is 4. The summed E-state index contributed by atoms with van der Waals surface area (Å²) in [5.74, 6) is 0.110. The molecule has 1 rings (SSSR count). The van der Waals surface area contributed by atoms with Crippen molar-refractivity contribution in [2.75, 3.05) is 20.2 Å². The lowest BCUT2D eigenvalue weighted by atomic mass is 10.0. The van der Waals surface area contributed by atoms with Crippen LogP contribution in [0.4, 0.5) is 0 Å². The molecule has 0 fully saturated rings. The molecule has 1 aliphatic heterocycles. The van der Waals surface area contributed by atoms with Gasteiger partial charge < -0.3 is 4.74 Å². The van der Waals surface area contributed by atoms with Gasteiger partial charge in [0, 0.05) is 13.1 Å². The van der Waals surface area contributed by atoms with Gasteiger partial charge in [-0.1, -0.05) is 32.6 Å². The van der Waals surface area contributed by atoms with E-state index in [9.17, 15) is 4.79 Å². The van der Waals surface area contributed by atoms with Crippen LogP contribution in [0.2, 0.25) is 0 Å². The summed E-state index contributed by atoms with van der Waals surface area (Å²) in [5.41, 5.74) is 1.18. The lowest BCUT2D eigenvalue weighted by Gasteiger charge is -2.28. The minimum Gasteiger partial charge on any atom is -0.468 e. The number of methoxy groups -OCH3 is 1. The molecule has 0 aromatic heterocycles. The van der Waals surface area contributed by atoms with Gasteiger partial charge in [0.1, 0.15) is 6.04 Å². The average Bonchev–Trinajstić information content (AvgIpc) is 2.65. The summed E-state index contributed by atoms with van der Waals surface area (Å²) < 4.78 is 4.83. The Morgan fingerprint density at radius 3 is 2.73 bits per heavy atom. The van der Waals surface area contributed by atoms with Gasteiger partial charge in [-0.25, -0.2) is 0 Å². The van der Waals surface area contributed by atoms with Gasteiger partial charge in [-0.3, -0.25) is 9.69 Å². The average molecular weight is 209 g/mol. The first-order chi connectivity index (χ1) is 7.10. The molecule has 3 nitrogen and oxygen atoms in total. The van der Waals surface area contributed by atoms with Crippen molar-refractivity contribution in [1.82, 2.24) is 4.90 Å². The molecule has 84 valence electrons. The lowest BCUT2D eigenvalue weighted by molar-refractivity contribution is -0.148. The van der Waals surface area contributed by atoms with Gasteiger partial charge in [-0.05, 0) is 11.5 Å². The van der Waals surface area contributed by atoms with E-state index in [0.717, 1.165) is 13.1 Å². The molecule has 0 aromatic rings. The van der Waals surface area contributed by atoms with Gasteiger partial charge in [-0.2, -0.15) is 0 Å². The van der Waals surface area contributed by atoms with E-state index < -0.39 is 0 Å². The SMILES string of the molecule is C=CC1=CCN(C(C(=O)OC)C(C)C)C1. The number of hydrogen-bond acceptors (Lipinski definition) is 3. The maximum absolute atomic E-state index is 11.6. The number of esters is 1. The first-order valence-electron chi connectivity index (χ1n) is 5.23. The van der Waals surface area contributed by atoms with E-state index in [4.69, 9.17) is 4.74 Å². The highest BCUT2D eigenvalue weighted by Crippen LogP contribution is 2.19. The Morgan fingerprint density at radius 1 is 1.67 bits per heavy atom. The smallest absolute Gasteiger partial charge is 0.323 e. The summed E-state index contributed by atoms with van der Waals surface area (Å²) in [4.78, 5) is 13.7. The minimum atomic E-state index is -0.149. The van der Waals surface area contributed by atoms with Gasteiger partial charge in [0.15, 0.2) is 0 Å². The summed E-state index contributed by atoms with van der Waals surface area (Å²) in [6.45, 7) is 9.40. The topological polar surface area (TPSA) is 29.5 Å². The lowest BCUT2D eigenvalue weighted by Crippen LogP contribution is -2.44. The van der Waals surface area contributed by atoms with Crippen LogP contribution in [0.5, 0.6) is 0 Å². The van der Waals surface area contributed by atoms with Crippen LogP contribution in [0.25, 0.3) is 0 Å². The molecule has 1 aliphatic rings. The summed E-state index contributed by atoms with van der Waals surface area (Å²) in [6, 6.07) is -0.149. The highest BCUT2D eigenvalue weighted by atomic mass is 16.5. The Balaban J connectivity index is 2.68. The Morgan fingerprint density at radius 2 is 2.33 bits per heavy atom. The van der Waals surface area contributed by atoms with Crippen molar-refractivity contribution in [2.45, 2.75) is 19.9 Å². The van der Waals surface area contributed by atoms with E-state index in [1.165, 1.54) is 12.7 Å². The van der Waals surface area contributed by atoms with Crippen molar-refractivity contribution in [3.63, 3.8) is 0 Å². The largest absolute Gasteiger partial charge is 0.468 e. The van der Waals surface area contributed by atoms with Gasteiger partial charge >= 0.3 is 5.97 Å². The van der Waals surface area contributed by atoms with Crippen molar-refractivity contribution < 1.29 is 9.53 Å². The second-order valence-electron chi connectivity index (χ2n) is 4.12. The molecule has 0 bridgehead atoms. The van der Waals surface area contributed by atoms with E-state index in [1.54, 1.807) is 0 Å². The molecular weight excluding hydrogens is 190 g/mol. The molecule has 0 saturated heterocycles. The highest BCUT2D eigenvalue weighted by Gasteiger charge is 2.31. The maximum atomic E-state index is 11.6. The fraction of sp³-hybridized carbons (Fsp3) is 0.583. The van der Waals surface area contributed by atoms with Gasteiger partial charge in [0.25, 0.3) is 0 Å². The third-order valence-corrected chi connectivity index (χ3v) is 2.70. The number of carbonyl (C=O) groups is 1. The highest BCUT2D eigenvalue weighted by molar-refractivity contribution is 5.76. The second kappa shape index (κ2) is 5.12. The molecule has 1 unspecified atom stereocenters. The van der Waals surface area contributed by atoms with Crippen molar-refractivity contribution in [2.24, 2.45) is 5.92 Å². The second-order valence-corrected chi connectivity index (χ2v) is 4.12. The van der Waals surface area contributed by atoms with Crippen molar-refractivity contribution in [3.05, 3.63) is 24.3 Å². The molecule has 3 heteroatoms. The molecule has 0 aliphatic carbocycles. The van der Waals surface area contributed by atoms with Crippen molar-refractivity contribution >= 4 is 5.97 Å². The zero-order chi connectivity index (χ0) is 11.4. The predicted octanol–water partition coefficient (Wildman–Crippen LogP) is 1.61. The van der Waals surface area contributed by atoms with Crippen molar-refractivity contribution in [3.8, 4) is 0 Å². The zero-order valence-electron chi connectivity index (χ0n) is 9.69. The maximum Gasteiger partial charge on any atom is 0.323 e. The molecule has 0 spiro atoms.